The van der Waals surface area contributed by atoms with Crippen molar-refractivity contribution >= 4 is 21.6 Å². The van der Waals surface area contributed by atoms with Crippen LogP contribution in [0.3, 0.4) is 0 Å². The van der Waals surface area contributed by atoms with Gasteiger partial charge in [-0.05, 0) is 56.2 Å². The van der Waals surface area contributed by atoms with E-state index in [1.807, 2.05) is 0 Å². The van der Waals surface area contributed by atoms with Gasteiger partial charge in [0.1, 0.15) is 19.0 Å². The van der Waals surface area contributed by atoms with Crippen LogP contribution >= 0.6 is 0 Å². The number of sulfonamides is 1. The van der Waals surface area contributed by atoms with Crippen LogP contribution in [0.5, 0.6) is 17.2 Å². The summed E-state index contributed by atoms with van der Waals surface area (Å²) >= 11 is 0. The van der Waals surface area contributed by atoms with Crippen molar-refractivity contribution < 1.29 is 27.4 Å². The highest BCUT2D eigenvalue weighted by atomic mass is 32.2. The molecule has 0 spiro atoms. The number of nitrogens with one attached hydrogen (secondary N) is 2. The summed E-state index contributed by atoms with van der Waals surface area (Å²) in [6.45, 7) is 2.57. The molecule has 2 aromatic rings. The fourth-order valence-electron chi connectivity index (χ4n) is 3.84. The first-order valence-electron chi connectivity index (χ1n) is 10.9. The van der Waals surface area contributed by atoms with Gasteiger partial charge >= 0.3 is 0 Å². The summed E-state index contributed by atoms with van der Waals surface area (Å²) in [4.78, 5) is 12.5. The Morgan fingerprint density at radius 2 is 1.69 bits per heavy atom. The van der Waals surface area contributed by atoms with E-state index in [2.05, 4.69) is 10.0 Å². The minimum atomic E-state index is -3.80. The molecule has 9 heteroatoms. The summed E-state index contributed by atoms with van der Waals surface area (Å²) in [5.41, 5.74) is 0.377. The van der Waals surface area contributed by atoms with Crippen LogP contribution in [0.4, 0.5) is 5.69 Å². The van der Waals surface area contributed by atoms with E-state index in [1.165, 1.54) is 18.6 Å². The first kappa shape index (κ1) is 22.3. The molecule has 0 saturated heterocycles. The van der Waals surface area contributed by atoms with E-state index in [1.54, 1.807) is 37.3 Å². The first-order valence-corrected chi connectivity index (χ1v) is 12.4. The molecule has 1 atom stereocenters. The van der Waals surface area contributed by atoms with Crippen molar-refractivity contribution in [3.63, 3.8) is 0 Å². The fraction of sp³-hybridized carbons (Fsp3) is 0.435. The second-order valence-electron chi connectivity index (χ2n) is 8.04. The molecule has 2 aromatic carbocycles. The molecule has 1 aliphatic carbocycles. The Labute approximate surface area is 188 Å². The molecule has 1 saturated carbocycles. The second-order valence-corrected chi connectivity index (χ2v) is 9.72. The van der Waals surface area contributed by atoms with Gasteiger partial charge in [-0.15, -0.1) is 0 Å². The number of carbonyl (C=O) groups is 1. The van der Waals surface area contributed by atoms with Crippen molar-refractivity contribution in [1.29, 1.82) is 0 Å². The lowest BCUT2D eigenvalue weighted by atomic mass is 9.95. The van der Waals surface area contributed by atoms with E-state index in [4.69, 9.17) is 14.2 Å². The number of fused-ring (bicyclic) bond motifs is 1. The number of ether oxygens (including phenoxy) is 3. The number of amides is 1. The van der Waals surface area contributed by atoms with E-state index in [0.29, 0.717) is 36.1 Å². The molecule has 0 radical (unpaired) electrons. The van der Waals surface area contributed by atoms with E-state index in [9.17, 15) is 13.2 Å². The van der Waals surface area contributed by atoms with Gasteiger partial charge in [0.05, 0.1) is 10.6 Å². The van der Waals surface area contributed by atoms with Gasteiger partial charge in [-0.25, -0.2) is 8.42 Å². The van der Waals surface area contributed by atoms with Crippen LogP contribution in [-0.4, -0.2) is 39.7 Å². The monoisotopic (exact) mass is 460 g/mol. The molecule has 1 fully saturated rings. The average Bonchev–Trinajstić information content (AvgIpc) is 2.80. The molecule has 8 nitrogen and oxygen atoms in total. The predicted molar refractivity (Wildman–Crippen MR) is 120 cm³/mol. The molecule has 0 unspecified atom stereocenters. The fourth-order valence-corrected chi connectivity index (χ4v) is 4.89. The Bertz CT molecular complexity index is 1050. The number of anilines is 1. The van der Waals surface area contributed by atoms with Crippen LogP contribution in [0.15, 0.2) is 47.4 Å². The van der Waals surface area contributed by atoms with Gasteiger partial charge in [-0.2, -0.15) is 0 Å². The highest BCUT2D eigenvalue weighted by Gasteiger charge is 2.21. The van der Waals surface area contributed by atoms with Crippen molar-refractivity contribution in [3.8, 4) is 17.2 Å². The normalized spacial score (nSPS) is 17.3. The summed E-state index contributed by atoms with van der Waals surface area (Å²) in [5.74, 6) is 1.35. The summed E-state index contributed by atoms with van der Waals surface area (Å²) < 4.78 is 44.7. The van der Waals surface area contributed by atoms with Crippen LogP contribution in [0.1, 0.15) is 39.0 Å². The van der Waals surface area contributed by atoms with Gasteiger partial charge < -0.3 is 19.5 Å². The molecule has 0 aromatic heterocycles. The van der Waals surface area contributed by atoms with Crippen LogP contribution < -0.4 is 24.2 Å². The van der Waals surface area contributed by atoms with Crippen molar-refractivity contribution in [3.05, 3.63) is 42.5 Å². The summed E-state index contributed by atoms with van der Waals surface area (Å²) in [6, 6.07) is 11.1. The molecular formula is C23H28N2O6S. The predicted octanol–water partition coefficient (Wildman–Crippen LogP) is 3.47. The van der Waals surface area contributed by atoms with Crippen LogP contribution in [0.25, 0.3) is 0 Å². The molecule has 0 bridgehead atoms. The van der Waals surface area contributed by atoms with E-state index in [0.717, 1.165) is 25.7 Å². The smallest absolute Gasteiger partial charge is 0.261 e. The van der Waals surface area contributed by atoms with Gasteiger partial charge in [-0.3, -0.25) is 9.52 Å². The summed E-state index contributed by atoms with van der Waals surface area (Å²) in [7, 11) is -3.80. The number of hydrogen-bond donors (Lipinski definition) is 2. The quantitative estimate of drug-likeness (QED) is 0.656. The van der Waals surface area contributed by atoms with Crippen LogP contribution in [0.2, 0.25) is 0 Å². The number of carbonyl (C=O) groups excluding carboxylic acids is 1. The molecule has 2 aliphatic rings. The van der Waals surface area contributed by atoms with Crippen LogP contribution in [0, 0.1) is 0 Å². The lowest BCUT2D eigenvalue weighted by Gasteiger charge is -2.24. The minimum Gasteiger partial charge on any atom is -0.486 e. The Hall–Kier alpha value is -2.94. The van der Waals surface area contributed by atoms with E-state index < -0.39 is 16.1 Å². The maximum absolute atomic E-state index is 12.7. The third-order valence-electron chi connectivity index (χ3n) is 5.56. The zero-order valence-electron chi connectivity index (χ0n) is 18.0. The Morgan fingerprint density at radius 1 is 1.00 bits per heavy atom. The number of hydrogen-bond acceptors (Lipinski definition) is 6. The Kier molecular flexibility index (Phi) is 6.74. The second kappa shape index (κ2) is 9.68. The molecule has 1 amide bonds. The molecular weight excluding hydrogens is 432 g/mol. The van der Waals surface area contributed by atoms with Gasteiger partial charge in [-0.1, -0.05) is 19.3 Å². The van der Waals surface area contributed by atoms with E-state index in [-0.39, 0.29) is 16.8 Å². The molecule has 32 heavy (non-hydrogen) atoms. The lowest BCUT2D eigenvalue weighted by molar-refractivity contribution is -0.128. The van der Waals surface area contributed by atoms with Gasteiger partial charge in [0.15, 0.2) is 17.6 Å². The molecule has 4 rings (SSSR count). The highest BCUT2D eigenvalue weighted by molar-refractivity contribution is 7.92. The van der Waals surface area contributed by atoms with E-state index >= 15 is 0 Å². The third-order valence-corrected chi connectivity index (χ3v) is 6.96. The standard InChI is InChI=1S/C23H28N2O6S/c1-16(23(26)24-17-5-3-2-4-6-17)31-19-8-10-20(11-9-19)32(27,28)25-18-7-12-21-22(15-18)30-14-13-29-21/h7-12,15-17,25H,2-6,13-14H2,1H3,(H,24,26)/t16-/m1/s1. The maximum atomic E-state index is 12.7. The Balaban J connectivity index is 1.36. The maximum Gasteiger partial charge on any atom is 0.261 e. The number of benzene rings is 2. The zero-order chi connectivity index (χ0) is 22.6. The minimum absolute atomic E-state index is 0.0825. The summed E-state index contributed by atoms with van der Waals surface area (Å²) in [6.07, 6.45) is 4.82. The average molecular weight is 461 g/mol. The van der Waals surface area contributed by atoms with Gasteiger partial charge in [0, 0.05) is 12.1 Å². The van der Waals surface area contributed by atoms with Gasteiger partial charge in [0.2, 0.25) is 0 Å². The van der Waals surface area contributed by atoms with Crippen LogP contribution in [-0.2, 0) is 14.8 Å². The molecule has 172 valence electrons. The van der Waals surface area contributed by atoms with Crippen molar-refractivity contribution in [2.45, 2.75) is 56.1 Å². The van der Waals surface area contributed by atoms with Gasteiger partial charge in [0.25, 0.3) is 15.9 Å². The summed E-state index contributed by atoms with van der Waals surface area (Å²) in [5, 5.41) is 3.03. The lowest BCUT2D eigenvalue weighted by Crippen LogP contribution is -2.43. The van der Waals surface area contributed by atoms with Crippen molar-refractivity contribution in [2.24, 2.45) is 0 Å². The topological polar surface area (TPSA) is 103 Å². The largest absolute Gasteiger partial charge is 0.486 e. The third kappa shape index (κ3) is 5.45. The molecule has 2 N–H and O–H groups in total. The number of rotatable bonds is 7. The molecule has 1 aliphatic heterocycles. The highest BCUT2D eigenvalue weighted by Crippen LogP contribution is 2.33. The zero-order valence-corrected chi connectivity index (χ0v) is 18.8. The molecule has 1 heterocycles. The SMILES string of the molecule is C[C@@H](Oc1ccc(S(=O)(=O)Nc2ccc3c(c2)OCCO3)cc1)C(=O)NC1CCCCC1. The van der Waals surface area contributed by atoms with Crippen molar-refractivity contribution in [1.82, 2.24) is 5.32 Å². The first-order chi connectivity index (χ1) is 15.4. The van der Waals surface area contributed by atoms with Crippen molar-refractivity contribution in [2.75, 3.05) is 17.9 Å². The Morgan fingerprint density at radius 3 is 2.41 bits per heavy atom.